The molecule has 5 heteroatoms. The maximum atomic E-state index is 6.11. The van der Waals surface area contributed by atoms with E-state index in [-0.39, 0.29) is 0 Å². The van der Waals surface area contributed by atoms with Gasteiger partial charge in [-0.1, -0.05) is 47.7 Å². The van der Waals surface area contributed by atoms with E-state index in [4.69, 9.17) is 4.74 Å². The fraction of sp³-hybridized carbons (Fsp3) is 0.125. The minimum absolute atomic E-state index is 0.467. The number of rotatable bonds is 8. The molecule has 4 rings (SSSR count). The number of allylic oxidation sites excluding steroid dienone is 1. The summed E-state index contributed by atoms with van der Waals surface area (Å²) < 4.78 is 7.95. The Balaban J connectivity index is 1.60. The number of hydrogen-bond donors (Lipinski definition) is 0. The molecule has 0 amide bonds. The van der Waals surface area contributed by atoms with Crippen molar-refractivity contribution in [2.75, 3.05) is 0 Å². The zero-order valence-electron chi connectivity index (χ0n) is 16.1. The molecule has 2 aromatic heterocycles. The summed E-state index contributed by atoms with van der Waals surface area (Å²) in [7, 11) is 0. The number of benzene rings is 2. The Bertz CT molecular complexity index is 1070. The van der Waals surface area contributed by atoms with Crippen molar-refractivity contribution >= 4 is 0 Å². The summed E-state index contributed by atoms with van der Waals surface area (Å²) in [5.41, 5.74) is 5.12. The van der Waals surface area contributed by atoms with Crippen LogP contribution in [0.1, 0.15) is 16.7 Å². The van der Waals surface area contributed by atoms with E-state index < -0.39 is 0 Å². The van der Waals surface area contributed by atoms with Crippen molar-refractivity contribution in [2.24, 2.45) is 0 Å². The first-order valence-corrected chi connectivity index (χ1v) is 9.52. The molecule has 0 spiro atoms. The molecule has 4 aromatic rings. The molecule has 0 aliphatic rings. The highest BCUT2D eigenvalue weighted by Gasteiger charge is 2.12. The van der Waals surface area contributed by atoms with Crippen molar-refractivity contribution in [2.45, 2.75) is 19.6 Å². The summed E-state index contributed by atoms with van der Waals surface area (Å²) in [5.74, 6) is 0.779. The molecule has 0 saturated heterocycles. The number of aromatic nitrogens is 4. The van der Waals surface area contributed by atoms with Crippen molar-refractivity contribution in [1.82, 2.24) is 20.0 Å². The normalized spacial score (nSPS) is 10.6. The number of hydrogen-bond acceptors (Lipinski definition) is 4. The van der Waals surface area contributed by atoms with Crippen LogP contribution in [-0.2, 0) is 19.6 Å². The first kappa shape index (κ1) is 18.6. The predicted molar refractivity (Wildman–Crippen MR) is 113 cm³/mol. The summed E-state index contributed by atoms with van der Waals surface area (Å²) in [6.07, 6.45) is 8.17. The Hall–Kier alpha value is -3.73. The van der Waals surface area contributed by atoms with Gasteiger partial charge >= 0.3 is 0 Å². The zero-order chi connectivity index (χ0) is 19.9. The van der Waals surface area contributed by atoms with Gasteiger partial charge in [-0.25, -0.2) is 4.68 Å². The number of ether oxygens (including phenoxy) is 1. The largest absolute Gasteiger partial charge is 0.488 e. The molecule has 0 saturated carbocycles. The van der Waals surface area contributed by atoms with Gasteiger partial charge in [-0.3, -0.25) is 4.98 Å². The summed E-state index contributed by atoms with van der Waals surface area (Å²) in [6.45, 7) is 4.98. The van der Waals surface area contributed by atoms with E-state index in [2.05, 4.69) is 46.1 Å². The quantitative estimate of drug-likeness (QED) is 0.415. The fourth-order valence-electron chi connectivity index (χ4n) is 3.11. The van der Waals surface area contributed by atoms with Crippen molar-refractivity contribution in [3.63, 3.8) is 0 Å². The van der Waals surface area contributed by atoms with Gasteiger partial charge in [-0.15, -0.1) is 11.7 Å². The van der Waals surface area contributed by atoms with E-state index in [9.17, 15) is 0 Å². The maximum Gasteiger partial charge on any atom is 0.129 e. The highest BCUT2D eigenvalue weighted by Crippen LogP contribution is 2.30. The fourth-order valence-corrected chi connectivity index (χ4v) is 3.11. The minimum Gasteiger partial charge on any atom is -0.488 e. The summed E-state index contributed by atoms with van der Waals surface area (Å²) >= 11 is 0. The van der Waals surface area contributed by atoms with Crippen LogP contribution in [0.15, 0.2) is 91.9 Å². The van der Waals surface area contributed by atoms with Crippen molar-refractivity contribution < 1.29 is 4.74 Å². The van der Waals surface area contributed by atoms with Crippen molar-refractivity contribution in [1.29, 1.82) is 0 Å². The lowest BCUT2D eigenvalue weighted by Crippen LogP contribution is -1.99. The van der Waals surface area contributed by atoms with Crippen molar-refractivity contribution in [3.8, 4) is 17.0 Å². The van der Waals surface area contributed by atoms with E-state index in [1.165, 1.54) is 5.56 Å². The third-order valence-corrected chi connectivity index (χ3v) is 4.57. The van der Waals surface area contributed by atoms with Crippen LogP contribution < -0.4 is 4.74 Å². The van der Waals surface area contributed by atoms with Crippen LogP contribution in [-0.4, -0.2) is 20.0 Å². The van der Waals surface area contributed by atoms with Crippen LogP contribution in [0.25, 0.3) is 11.3 Å². The molecule has 29 heavy (non-hydrogen) atoms. The van der Waals surface area contributed by atoms with Crippen molar-refractivity contribution in [3.05, 3.63) is 109 Å². The lowest BCUT2D eigenvalue weighted by molar-refractivity contribution is 0.307. The molecule has 0 atom stereocenters. The average Bonchev–Trinajstić information content (AvgIpc) is 3.23. The molecule has 2 aromatic carbocycles. The monoisotopic (exact) mass is 382 g/mol. The Morgan fingerprint density at radius 2 is 1.76 bits per heavy atom. The van der Waals surface area contributed by atoms with Gasteiger partial charge in [0.25, 0.3) is 0 Å². The Labute approximate surface area is 170 Å². The minimum atomic E-state index is 0.467. The molecular weight excluding hydrogens is 360 g/mol. The second-order valence-corrected chi connectivity index (χ2v) is 6.75. The first-order chi connectivity index (χ1) is 14.3. The third-order valence-electron chi connectivity index (χ3n) is 4.57. The van der Waals surface area contributed by atoms with Gasteiger partial charge in [0.2, 0.25) is 0 Å². The molecule has 0 radical (unpaired) electrons. The molecule has 0 unspecified atom stereocenters. The van der Waals surface area contributed by atoms with Gasteiger partial charge in [0.15, 0.2) is 0 Å². The third kappa shape index (κ3) is 4.76. The molecule has 5 nitrogen and oxygen atoms in total. The van der Waals surface area contributed by atoms with E-state index in [1.807, 2.05) is 53.4 Å². The highest BCUT2D eigenvalue weighted by molar-refractivity contribution is 5.67. The summed E-state index contributed by atoms with van der Waals surface area (Å²) in [6, 6.07) is 20.3. The smallest absolute Gasteiger partial charge is 0.129 e. The second kappa shape index (κ2) is 8.97. The topological polar surface area (TPSA) is 52.8 Å². The van der Waals surface area contributed by atoms with Gasteiger partial charge in [-0.05, 0) is 47.4 Å². The molecule has 0 aliphatic heterocycles. The zero-order valence-corrected chi connectivity index (χ0v) is 16.1. The average molecular weight is 382 g/mol. The SMILES string of the molecule is C=CCc1ccc(OCc2ccncc2)c(-c2cn(Cc3ccccc3)nn2)c1. The summed E-state index contributed by atoms with van der Waals surface area (Å²) in [4.78, 5) is 4.05. The van der Waals surface area contributed by atoms with Gasteiger partial charge in [0.05, 0.1) is 12.7 Å². The van der Waals surface area contributed by atoms with Crippen LogP contribution >= 0.6 is 0 Å². The van der Waals surface area contributed by atoms with E-state index >= 15 is 0 Å². The maximum absolute atomic E-state index is 6.11. The van der Waals surface area contributed by atoms with Gasteiger partial charge in [0, 0.05) is 18.0 Å². The van der Waals surface area contributed by atoms with E-state index in [0.29, 0.717) is 13.2 Å². The highest BCUT2D eigenvalue weighted by atomic mass is 16.5. The van der Waals surface area contributed by atoms with Gasteiger partial charge < -0.3 is 4.74 Å². The Kier molecular flexibility index (Phi) is 5.76. The standard InChI is InChI=1S/C24H22N4O/c1-2-6-19-9-10-24(29-18-21-11-13-25-14-12-21)22(15-19)23-17-28(27-26-23)16-20-7-4-3-5-8-20/h2-5,7-15,17H,1,6,16,18H2. The molecule has 0 aliphatic carbocycles. The molecule has 144 valence electrons. The van der Waals surface area contributed by atoms with E-state index in [0.717, 1.165) is 34.6 Å². The lowest BCUT2D eigenvalue weighted by Gasteiger charge is -2.11. The van der Waals surface area contributed by atoms with Gasteiger partial charge in [-0.2, -0.15) is 0 Å². The van der Waals surface area contributed by atoms with Crippen LogP contribution in [0, 0.1) is 0 Å². The molecule has 0 N–H and O–H groups in total. The molecule has 0 bridgehead atoms. The molecular formula is C24H22N4O. The lowest BCUT2D eigenvalue weighted by atomic mass is 10.0. The Morgan fingerprint density at radius 1 is 0.931 bits per heavy atom. The van der Waals surface area contributed by atoms with E-state index in [1.54, 1.807) is 12.4 Å². The molecule has 0 fully saturated rings. The number of pyridine rings is 1. The van der Waals surface area contributed by atoms with Gasteiger partial charge in [0.1, 0.15) is 18.1 Å². The Morgan fingerprint density at radius 3 is 2.55 bits per heavy atom. The van der Waals surface area contributed by atoms with Crippen LogP contribution in [0.5, 0.6) is 5.75 Å². The number of nitrogens with zero attached hydrogens (tertiary/aromatic N) is 4. The predicted octanol–water partition coefficient (Wildman–Crippen LogP) is 4.70. The van der Waals surface area contributed by atoms with Crippen LogP contribution in [0.4, 0.5) is 0 Å². The second-order valence-electron chi connectivity index (χ2n) is 6.75. The van der Waals surface area contributed by atoms with Crippen LogP contribution in [0.2, 0.25) is 0 Å². The molecule has 2 heterocycles. The first-order valence-electron chi connectivity index (χ1n) is 9.52. The summed E-state index contributed by atoms with van der Waals surface area (Å²) in [5, 5.41) is 8.70. The van der Waals surface area contributed by atoms with Crippen LogP contribution in [0.3, 0.4) is 0 Å².